The van der Waals surface area contributed by atoms with Crippen LogP contribution in [0, 0.1) is 5.92 Å². The monoisotopic (exact) mass is 285 g/mol. The summed E-state index contributed by atoms with van der Waals surface area (Å²) in [6.45, 7) is 4.02. The molecule has 0 spiro atoms. The van der Waals surface area contributed by atoms with Crippen LogP contribution in [0.25, 0.3) is 10.9 Å². The van der Waals surface area contributed by atoms with Gasteiger partial charge in [-0.25, -0.2) is 0 Å². The number of piperidine rings is 1. The molecule has 1 aliphatic heterocycles. The topological polar surface area (TPSA) is 51.3 Å². The second kappa shape index (κ2) is 5.53. The summed E-state index contributed by atoms with van der Waals surface area (Å²) in [5.41, 5.74) is 8.17. The Morgan fingerprint density at radius 3 is 2.86 bits per heavy atom. The van der Waals surface area contributed by atoms with Gasteiger partial charge >= 0.3 is 0 Å². The van der Waals surface area contributed by atoms with E-state index in [4.69, 9.17) is 5.73 Å². The van der Waals surface area contributed by atoms with E-state index in [0.717, 1.165) is 36.1 Å². The first-order valence-corrected chi connectivity index (χ1v) is 7.67. The molecule has 0 bridgehead atoms. The smallest absolute Gasteiger partial charge is 0.252 e. The van der Waals surface area contributed by atoms with Gasteiger partial charge in [-0.1, -0.05) is 18.2 Å². The fraction of sp³-hybridized carbons (Fsp3) is 0.471. The van der Waals surface area contributed by atoms with Crippen LogP contribution in [0.5, 0.6) is 0 Å². The number of benzene rings is 1. The van der Waals surface area contributed by atoms with Crippen molar-refractivity contribution in [2.75, 3.05) is 18.0 Å². The first kappa shape index (κ1) is 14.1. The number of hydrogen-bond donors (Lipinski definition) is 1. The summed E-state index contributed by atoms with van der Waals surface area (Å²) in [5.74, 6) is 0.501. The van der Waals surface area contributed by atoms with Crippen LogP contribution in [-0.4, -0.2) is 23.7 Å². The number of aryl methyl sites for hydroxylation is 1. The third-order valence-corrected chi connectivity index (χ3v) is 4.67. The van der Waals surface area contributed by atoms with E-state index < -0.39 is 0 Å². The number of hydrogen-bond acceptors (Lipinski definition) is 3. The first-order valence-electron chi connectivity index (χ1n) is 7.67. The van der Waals surface area contributed by atoms with Crippen molar-refractivity contribution in [2.45, 2.75) is 25.8 Å². The minimum Gasteiger partial charge on any atom is -0.370 e. The number of aromatic nitrogens is 1. The standard InChI is InChI=1S/C17H23N3O/c1-12(18)13-6-5-9-20(11-13)16-10-17(21)19(2)15-8-4-3-7-14(15)16/h3-4,7-8,10,12-13H,5-6,9,11,18H2,1-2H3. The molecular formula is C17H23N3O. The van der Waals surface area contributed by atoms with Crippen molar-refractivity contribution in [1.82, 2.24) is 4.57 Å². The highest BCUT2D eigenvalue weighted by molar-refractivity contribution is 5.91. The maximum atomic E-state index is 12.2. The third-order valence-electron chi connectivity index (χ3n) is 4.67. The molecule has 1 saturated heterocycles. The molecule has 4 nitrogen and oxygen atoms in total. The van der Waals surface area contributed by atoms with Gasteiger partial charge in [-0.05, 0) is 31.7 Å². The highest BCUT2D eigenvalue weighted by Gasteiger charge is 2.24. The largest absolute Gasteiger partial charge is 0.370 e. The second-order valence-corrected chi connectivity index (χ2v) is 6.15. The molecule has 0 radical (unpaired) electrons. The van der Waals surface area contributed by atoms with E-state index in [1.54, 1.807) is 10.6 Å². The van der Waals surface area contributed by atoms with Crippen LogP contribution < -0.4 is 16.2 Å². The molecule has 1 fully saturated rings. The minimum atomic E-state index is 0.0478. The van der Waals surface area contributed by atoms with E-state index in [2.05, 4.69) is 17.9 Å². The fourth-order valence-corrected chi connectivity index (χ4v) is 3.31. The Bertz CT molecular complexity index is 705. The van der Waals surface area contributed by atoms with Crippen LogP contribution in [-0.2, 0) is 7.05 Å². The summed E-state index contributed by atoms with van der Waals surface area (Å²) in [7, 11) is 1.83. The quantitative estimate of drug-likeness (QED) is 0.919. The maximum Gasteiger partial charge on any atom is 0.252 e. The molecule has 0 aliphatic carbocycles. The average Bonchev–Trinajstić information content (AvgIpc) is 2.51. The molecule has 2 N–H and O–H groups in total. The summed E-state index contributed by atoms with van der Waals surface area (Å²) in [6.07, 6.45) is 2.31. The van der Waals surface area contributed by atoms with Gasteiger partial charge in [0.1, 0.15) is 0 Å². The number of anilines is 1. The number of rotatable bonds is 2. The van der Waals surface area contributed by atoms with Crippen molar-refractivity contribution in [3.8, 4) is 0 Å². The second-order valence-electron chi connectivity index (χ2n) is 6.15. The van der Waals surface area contributed by atoms with Gasteiger partial charge in [0.05, 0.1) is 11.2 Å². The van der Waals surface area contributed by atoms with Crippen molar-refractivity contribution in [3.63, 3.8) is 0 Å². The average molecular weight is 285 g/mol. The van der Waals surface area contributed by atoms with E-state index in [1.165, 1.54) is 6.42 Å². The van der Waals surface area contributed by atoms with E-state index in [0.29, 0.717) is 5.92 Å². The van der Waals surface area contributed by atoms with Gasteiger partial charge < -0.3 is 15.2 Å². The van der Waals surface area contributed by atoms with Crippen molar-refractivity contribution in [3.05, 3.63) is 40.7 Å². The van der Waals surface area contributed by atoms with Gasteiger partial charge in [0.2, 0.25) is 0 Å². The Labute approximate surface area is 125 Å². The van der Waals surface area contributed by atoms with Crippen LogP contribution in [0.3, 0.4) is 0 Å². The van der Waals surface area contributed by atoms with Gasteiger partial charge in [0.25, 0.3) is 5.56 Å². The Morgan fingerprint density at radius 2 is 2.10 bits per heavy atom. The molecule has 112 valence electrons. The normalized spacial score (nSPS) is 20.7. The molecule has 21 heavy (non-hydrogen) atoms. The Hall–Kier alpha value is -1.81. The summed E-state index contributed by atoms with van der Waals surface area (Å²) in [4.78, 5) is 14.6. The zero-order valence-corrected chi connectivity index (χ0v) is 12.7. The molecule has 2 aromatic rings. The van der Waals surface area contributed by atoms with E-state index in [-0.39, 0.29) is 11.6 Å². The summed E-state index contributed by atoms with van der Waals surface area (Å²) >= 11 is 0. The zero-order valence-electron chi connectivity index (χ0n) is 12.7. The summed E-state index contributed by atoms with van der Waals surface area (Å²) < 4.78 is 1.71. The SMILES string of the molecule is CC(N)C1CCCN(c2cc(=O)n(C)c3ccccc23)C1. The van der Waals surface area contributed by atoms with Crippen molar-refractivity contribution < 1.29 is 0 Å². The van der Waals surface area contributed by atoms with Gasteiger partial charge in [0.15, 0.2) is 0 Å². The molecule has 1 aromatic carbocycles. The van der Waals surface area contributed by atoms with Crippen molar-refractivity contribution in [2.24, 2.45) is 18.7 Å². The molecule has 0 amide bonds. The maximum absolute atomic E-state index is 12.2. The van der Waals surface area contributed by atoms with Crippen LogP contribution in [0.15, 0.2) is 35.1 Å². The fourth-order valence-electron chi connectivity index (χ4n) is 3.31. The molecule has 3 rings (SSSR count). The Balaban J connectivity index is 2.08. The van der Waals surface area contributed by atoms with Crippen molar-refractivity contribution in [1.29, 1.82) is 0 Å². The lowest BCUT2D eigenvalue weighted by atomic mass is 9.91. The molecule has 2 unspecified atom stereocenters. The number of fused-ring (bicyclic) bond motifs is 1. The van der Waals surface area contributed by atoms with Gasteiger partial charge in [-0.2, -0.15) is 0 Å². The minimum absolute atomic E-state index is 0.0478. The molecule has 1 aromatic heterocycles. The van der Waals surface area contributed by atoms with Crippen LogP contribution in [0.4, 0.5) is 5.69 Å². The number of nitrogens with two attached hydrogens (primary N) is 1. The van der Waals surface area contributed by atoms with Crippen LogP contribution >= 0.6 is 0 Å². The van der Waals surface area contributed by atoms with E-state index >= 15 is 0 Å². The Morgan fingerprint density at radius 1 is 1.33 bits per heavy atom. The molecule has 1 aliphatic rings. The lowest BCUT2D eigenvalue weighted by molar-refractivity contribution is 0.365. The Kier molecular flexibility index (Phi) is 3.72. The van der Waals surface area contributed by atoms with Crippen LogP contribution in [0.2, 0.25) is 0 Å². The molecule has 2 heterocycles. The zero-order chi connectivity index (χ0) is 15.0. The molecular weight excluding hydrogens is 262 g/mol. The number of nitrogens with zero attached hydrogens (tertiary/aromatic N) is 2. The lowest BCUT2D eigenvalue weighted by Gasteiger charge is -2.36. The predicted molar refractivity (Wildman–Crippen MR) is 87.8 cm³/mol. The van der Waals surface area contributed by atoms with E-state index in [9.17, 15) is 4.79 Å². The van der Waals surface area contributed by atoms with E-state index in [1.807, 2.05) is 25.2 Å². The molecule has 2 atom stereocenters. The summed E-state index contributed by atoms with van der Waals surface area (Å²) in [5, 5.41) is 1.14. The highest BCUT2D eigenvalue weighted by Crippen LogP contribution is 2.29. The number of para-hydroxylation sites is 1. The lowest BCUT2D eigenvalue weighted by Crippen LogP contribution is -2.42. The third kappa shape index (κ3) is 2.56. The van der Waals surface area contributed by atoms with Crippen LogP contribution in [0.1, 0.15) is 19.8 Å². The van der Waals surface area contributed by atoms with Crippen molar-refractivity contribution >= 4 is 16.6 Å². The van der Waals surface area contributed by atoms with Gasteiger partial charge in [-0.15, -0.1) is 0 Å². The molecule has 4 heteroatoms. The highest BCUT2D eigenvalue weighted by atomic mass is 16.1. The van der Waals surface area contributed by atoms with Gasteiger partial charge in [0, 0.05) is 37.6 Å². The summed E-state index contributed by atoms with van der Waals surface area (Å²) in [6, 6.07) is 10.1. The number of pyridine rings is 1. The predicted octanol–water partition coefficient (Wildman–Crippen LogP) is 2.10. The first-order chi connectivity index (χ1) is 10.1. The molecule has 0 saturated carbocycles. The van der Waals surface area contributed by atoms with Gasteiger partial charge in [-0.3, -0.25) is 4.79 Å².